The first-order chi connectivity index (χ1) is 11.9. The molecule has 0 saturated heterocycles. The lowest BCUT2D eigenvalue weighted by Crippen LogP contribution is -2.37. The van der Waals surface area contributed by atoms with Crippen molar-refractivity contribution in [3.8, 4) is 17.2 Å². The van der Waals surface area contributed by atoms with Crippen molar-refractivity contribution in [1.82, 2.24) is 5.32 Å². The van der Waals surface area contributed by atoms with Crippen molar-refractivity contribution in [2.24, 2.45) is 0 Å². The van der Waals surface area contributed by atoms with E-state index in [0.717, 1.165) is 5.56 Å². The van der Waals surface area contributed by atoms with Gasteiger partial charge in [0.05, 0.1) is 20.3 Å². The largest absolute Gasteiger partial charge is 0.493 e. The second kappa shape index (κ2) is 8.37. The molecule has 0 aliphatic carbocycles. The predicted octanol–water partition coefficient (Wildman–Crippen LogP) is 3.49. The number of carbonyl (C=O) groups is 1. The van der Waals surface area contributed by atoms with Crippen LogP contribution in [-0.4, -0.2) is 26.2 Å². The minimum atomic E-state index is -0.715. The fourth-order valence-corrected chi connectivity index (χ4v) is 2.31. The van der Waals surface area contributed by atoms with Crippen LogP contribution in [0.25, 0.3) is 0 Å². The van der Waals surface area contributed by atoms with E-state index in [1.165, 1.54) is 24.3 Å². The smallest absolute Gasteiger partial charge is 0.261 e. The quantitative estimate of drug-likeness (QED) is 0.833. The Labute approximate surface area is 146 Å². The van der Waals surface area contributed by atoms with E-state index >= 15 is 0 Å². The van der Waals surface area contributed by atoms with Crippen LogP contribution < -0.4 is 19.5 Å². The molecule has 5 nitrogen and oxygen atoms in total. The molecule has 0 radical (unpaired) electrons. The summed E-state index contributed by atoms with van der Waals surface area (Å²) < 4.78 is 28.9. The van der Waals surface area contributed by atoms with Crippen molar-refractivity contribution in [3.05, 3.63) is 53.8 Å². The van der Waals surface area contributed by atoms with E-state index in [4.69, 9.17) is 14.2 Å². The molecule has 0 heterocycles. The fraction of sp³-hybridized carbons (Fsp3) is 0.316. The number of amides is 1. The maximum atomic E-state index is 12.9. The van der Waals surface area contributed by atoms with Gasteiger partial charge < -0.3 is 19.5 Å². The zero-order valence-corrected chi connectivity index (χ0v) is 14.7. The Morgan fingerprint density at radius 3 is 2.24 bits per heavy atom. The topological polar surface area (TPSA) is 56.8 Å². The highest BCUT2D eigenvalue weighted by atomic mass is 19.1. The molecule has 0 fully saturated rings. The van der Waals surface area contributed by atoms with Gasteiger partial charge in [0.2, 0.25) is 0 Å². The van der Waals surface area contributed by atoms with Crippen LogP contribution in [0.4, 0.5) is 4.39 Å². The number of benzene rings is 2. The molecular formula is C19H22FNO4. The maximum Gasteiger partial charge on any atom is 0.261 e. The van der Waals surface area contributed by atoms with Gasteiger partial charge in [0.15, 0.2) is 17.6 Å². The molecule has 0 saturated carbocycles. The number of methoxy groups -OCH3 is 2. The van der Waals surface area contributed by atoms with Gasteiger partial charge in [0, 0.05) is 0 Å². The molecule has 2 aromatic rings. The highest BCUT2D eigenvalue weighted by Gasteiger charge is 2.18. The van der Waals surface area contributed by atoms with E-state index in [1.54, 1.807) is 27.2 Å². The molecule has 25 heavy (non-hydrogen) atoms. The maximum absolute atomic E-state index is 12.9. The monoisotopic (exact) mass is 347 g/mol. The van der Waals surface area contributed by atoms with Crippen molar-refractivity contribution in [2.45, 2.75) is 26.0 Å². The molecule has 0 aliphatic heterocycles. The first-order valence-electron chi connectivity index (χ1n) is 7.89. The molecule has 1 amide bonds. The summed E-state index contributed by atoms with van der Waals surface area (Å²) in [5.41, 5.74) is 0.875. The van der Waals surface area contributed by atoms with Crippen molar-refractivity contribution in [3.63, 3.8) is 0 Å². The van der Waals surface area contributed by atoms with Crippen LogP contribution in [-0.2, 0) is 4.79 Å². The van der Waals surface area contributed by atoms with Crippen LogP contribution in [0.1, 0.15) is 25.5 Å². The number of nitrogens with one attached hydrogen (secondary N) is 1. The van der Waals surface area contributed by atoms with Gasteiger partial charge >= 0.3 is 0 Å². The highest BCUT2D eigenvalue weighted by Crippen LogP contribution is 2.29. The summed E-state index contributed by atoms with van der Waals surface area (Å²) in [7, 11) is 3.13. The number of halogens is 1. The molecule has 2 aromatic carbocycles. The number of carbonyl (C=O) groups excluding carboxylic acids is 1. The lowest BCUT2D eigenvalue weighted by atomic mass is 10.1. The first kappa shape index (κ1) is 18.6. The summed E-state index contributed by atoms with van der Waals surface area (Å²) in [6.07, 6.45) is -0.715. The summed E-state index contributed by atoms with van der Waals surface area (Å²) in [6.45, 7) is 3.50. The van der Waals surface area contributed by atoms with Gasteiger partial charge in [-0.2, -0.15) is 0 Å². The summed E-state index contributed by atoms with van der Waals surface area (Å²) in [4.78, 5) is 12.3. The van der Waals surface area contributed by atoms with Crippen molar-refractivity contribution in [2.75, 3.05) is 14.2 Å². The Bertz CT molecular complexity index is 718. The Kier molecular flexibility index (Phi) is 6.22. The molecule has 2 rings (SSSR count). The average molecular weight is 347 g/mol. The van der Waals surface area contributed by atoms with E-state index in [2.05, 4.69) is 5.32 Å². The number of hydrogen-bond donors (Lipinski definition) is 1. The van der Waals surface area contributed by atoms with Crippen LogP contribution in [0.5, 0.6) is 17.2 Å². The van der Waals surface area contributed by atoms with Crippen molar-refractivity contribution >= 4 is 5.91 Å². The van der Waals surface area contributed by atoms with E-state index in [-0.39, 0.29) is 17.8 Å². The second-order valence-electron chi connectivity index (χ2n) is 5.56. The lowest BCUT2D eigenvalue weighted by Gasteiger charge is -2.20. The third kappa shape index (κ3) is 4.86. The minimum Gasteiger partial charge on any atom is -0.493 e. The zero-order valence-electron chi connectivity index (χ0n) is 14.7. The molecule has 0 unspecified atom stereocenters. The zero-order chi connectivity index (χ0) is 18.4. The summed E-state index contributed by atoms with van der Waals surface area (Å²) in [5, 5.41) is 2.88. The summed E-state index contributed by atoms with van der Waals surface area (Å²) >= 11 is 0. The Morgan fingerprint density at radius 2 is 1.64 bits per heavy atom. The molecule has 0 spiro atoms. The number of hydrogen-bond acceptors (Lipinski definition) is 4. The first-order valence-corrected chi connectivity index (χ1v) is 7.89. The van der Waals surface area contributed by atoms with E-state index in [0.29, 0.717) is 17.2 Å². The second-order valence-corrected chi connectivity index (χ2v) is 5.56. The van der Waals surface area contributed by atoms with Crippen LogP contribution >= 0.6 is 0 Å². The molecule has 1 N–H and O–H groups in total. The van der Waals surface area contributed by atoms with E-state index in [9.17, 15) is 9.18 Å². The third-order valence-corrected chi connectivity index (χ3v) is 3.76. The third-order valence-electron chi connectivity index (χ3n) is 3.76. The molecular weight excluding hydrogens is 325 g/mol. The van der Waals surface area contributed by atoms with Gasteiger partial charge in [-0.25, -0.2) is 4.39 Å². The average Bonchev–Trinajstić information content (AvgIpc) is 2.62. The molecule has 6 heteroatoms. The standard InChI is InChI=1S/C19H22FNO4/c1-12(14-5-10-17(23-3)18(11-14)24-4)21-19(22)13(2)25-16-8-6-15(20)7-9-16/h5-13H,1-4H3,(H,21,22)/t12-,13-/m1/s1. The predicted molar refractivity (Wildman–Crippen MR) is 92.6 cm³/mol. The molecule has 0 bridgehead atoms. The Morgan fingerprint density at radius 1 is 1.00 bits per heavy atom. The fourth-order valence-electron chi connectivity index (χ4n) is 2.31. The van der Waals surface area contributed by atoms with Crippen molar-refractivity contribution in [1.29, 1.82) is 0 Å². The van der Waals surface area contributed by atoms with Gasteiger partial charge in [0.1, 0.15) is 11.6 Å². The van der Waals surface area contributed by atoms with Gasteiger partial charge in [-0.15, -0.1) is 0 Å². The van der Waals surface area contributed by atoms with Crippen LogP contribution in [0, 0.1) is 5.82 Å². The lowest BCUT2D eigenvalue weighted by molar-refractivity contribution is -0.127. The van der Waals surface area contributed by atoms with E-state index in [1.807, 2.05) is 19.1 Å². The SMILES string of the molecule is COc1ccc([C@@H](C)NC(=O)[C@@H](C)Oc2ccc(F)cc2)cc1OC. The molecule has 134 valence electrons. The molecule has 0 aliphatic rings. The van der Waals surface area contributed by atoms with Gasteiger partial charge in [-0.3, -0.25) is 4.79 Å². The van der Waals surface area contributed by atoms with Crippen LogP contribution in [0.15, 0.2) is 42.5 Å². The van der Waals surface area contributed by atoms with Gasteiger partial charge in [0.25, 0.3) is 5.91 Å². The summed E-state index contributed by atoms with van der Waals surface area (Å²) in [6, 6.07) is 10.8. The molecule has 0 aromatic heterocycles. The van der Waals surface area contributed by atoms with Crippen LogP contribution in [0.3, 0.4) is 0 Å². The van der Waals surface area contributed by atoms with Crippen molar-refractivity contribution < 1.29 is 23.4 Å². The number of ether oxygens (including phenoxy) is 3. The number of rotatable bonds is 7. The minimum absolute atomic E-state index is 0.244. The Balaban J connectivity index is 2.00. The normalized spacial score (nSPS) is 12.8. The van der Waals surface area contributed by atoms with E-state index < -0.39 is 6.10 Å². The van der Waals surface area contributed by atoms with Gasteiger partial charge in [-0.1, -0.05) is 6.07 Å². The van der Waals surface area contributed by atoms with Gasteiger partial charge in [-0.05, 0) is 55.8 Å². The highest BCUT2D eigenvalue weighted by molar-refractivity contribution is 5.81. The van der Waals surface area contributed by atoms with Crippen LogP contribution in [0.2, 0.25) is 0 Å². The Hall–Kier alpha value is -2.76. The molecule has 2 atom stereocenters. The summed E-state index contributed by atoms with van der Waals surface area (Å²) in [5.74, 6) is 1.02.